The van der Waals surface area contributed by atoms with Gasteiger partial charge < -0.3 is 0 Å². The number of halogens is 1. The summed E-state index contributed by atoms with van der Waals surface area (Å²) in [6.07, 6.45) is 4.83. The number of nitrogens with zero attached hydrogens (tertiary/aromatic N) is 1. The predicted molar refractivity (Wildman–Crippen MR) is 38.3 cm³/mol. The van der Waals surface area contributed by atoms with Crippen LogP contribution in [-0.4, -0.2) is 6.21 Å². The molecule has 0 N–H and O–H groups in total. The first-order chi connectivity index (χ1) is 3.81. The molecule has 0 radical (unpaired) electrons. The highest BCUT2D eigenvalue weighted by Crippen LogP contribution is 1.99. The van der Waals surface area contributed by atoms with Crippen LogP contribution in [0.25, 0.3) is 0 Å². The highest BCUT2D eigenvalue weighted by molar-refractivity contribution is 6.29. The molecule has 0 aromatic carbocycles. The second-order valence-corrected chi connectivity index (χ2v) is 1.51. The average Bonchev–Trinajstić information content (AvgIpc) is 1.83. The van der Waals surface area contributed by atoms with Crippen LogP contribution in [0, 0.1) is 0 Å². The summed E-state index contributed by atoms with van der Waals surface area (Å²) in [6, 6.07) is 0. The van der Waals surface area contributed by atoms with Gasteiger partial charge in [0.15, 0.2) is 0 Å². The molecule has 0 heterocycles. The number of hydrogen-bond donors (Lipinski definition) is 0. The third kappa shape index (κ3) is 3.62. The second-order valence-electron chi connectivity index (χ2n) is 1.13. The summed E-state index contributed by atoms with van der Waals surface area (Å²) < 4.78 is 0. The minimum atomic E-state index is 0.491. The molecule has 0 aliphatic rings. The van der Waals surface area contributed by atoms with E-state index < -0.39 is 0 Å². The van der Waals surface area contributed by atoms with Crippen LogP contribution in [0.3, 0.4) is 0 Å². The summed E-state index contributed by atoms with van der Waals surface area (Å²) in [5, 5.41) is 0.491. The zero-order valence-electron chi connectivity index (χ0n) is 4.76. The summed E-state index contributed by atoms with van der Waals surface area (Å²) in [6.45, 7) is 5.25. The van der Waals surface area contributed by atoms with Crippen LogP contribution in [0.4, 0.5) is 0 Å². The van der Waals surface area contributed by atoms with Gasteiger partial charge in [0.25, 0.3) is 0 Å². The lowest BCUT2D eigenvalue weighted by Crippen LogP contribution is -1.62. The SMILES string of the molecule is C=C/C=N\C(Cl)=C/C. The summed E-state index contributed by atoms with van der Waals surface area (Å²) in [4.78, 5) is 3.74. The highest BCUT2D eigenvalue weighted by atomic mass is 35.5. The second kappa shape index (κ2) is 4.60. The number of hydrogen-bond acceptors (Lipinski definition) is 1. The van der Waals surface area contributed by atoms with Gasteiger partial charge >= 0.3 is 0 Å². The number of aliphatic imine (C=N–C) groups is 1. The minimum Gasteiger partial charge on any atom is -0.245 e. The Bertz CT molecular complexity index is 124. The van der Waals surface area contributed by atoms with E-state index in [9.17, 15) is 0 Å². The summed E-state index contributed by atoms with van der Waals surface area (Å²) in [7, 11) is 0. The van der Waals surface area contributed by atoms with Crippen molar-refractivity contribution >= 4 is 17.8 Å². The van der Waals surface area contributed by atoms with E-state index in [1.807, 2.05) is 6.92 Å². The molecule has 0 unspecified atom stereocenters. The Morgan fingerprint density at radius 1 is 1.75 bits per heavy atom. The normalized spacial score (nSPS) is 12.5. The molecular weight excluding hydrogens is 122 g/mol. The molecule has 0 rings (SSSR count). The lowest BCUT2D eigenvalue weighted by Gasteiger charge is -1.79. The van der Waals surface area contributed by atoms with E-state index >= 15 is 0 Å². The fourth-order valence-corrected chi connectivity index (χ4v) is 0.255. The Kier molecular flexibility index (Phi) is 4.27. The molecule has 2 heteroatoms. The van der Waals surface area contributed by atoms with Crippen molar-refractivity contribution in [3.8, 4) is 0 Å². The molecule has 0 amide bonds. The molecule has 0 saturated heterocycles. The van der Waals surface area contributed by atoms with E-state index in [1.165, 1.54) is 0 Å². The first-order valence-corrected chi connectivity index (χ1v) is 2.66. The maximum Gasteiger partial charge on any atom is 0.124 e. The van der Waals surface area contributed by atoms with E-state index in [4.69, 9.17) is 11.6 Å². The van der Waals surface area contributed by atoms with Gasteiger partial charge in [-0.05, 0) is 6.92 Å². The Morgan fingerprint density at radius 2 is 2.38 bits per heavy atom. The van der Waals surface area contributed by atoms with Gasteiger partial charge in [0.1, 0.15) is 5.16 Å². The Hall–Kier alpha value is -0.560. The molecule has 1 nitrogen and oxygen atoms in total. The molecule has 0 bridgehead atoms. The first kappa shape index (κ1) is 7.44. The molecule has 0 aromatic rings. The number of allylic oxidation sites excluding steroid dienone is 2. The molecule has 0 fully saturated rings. The topological polar surface area (TPSA) is 12.4 Å². The highest BCUT2D eigenvalue weighted by Gasteiger charge is 1.75. The molecule has 0 spiro atoms. The minimum absolute atomic E-state index is 0.491. The van der Waals surface area contributed by atoms with Crippen molar-refractivity contribution in [1.29, 1.82) is 0 Å². The van der Waals surface area contributed by atoms with Crippen molar-refractivity contribution in [2.45, 2.75) is 6.92 Å². The van der Waals surface area contributed by atoms with Gasteiger partial charge in [-0.2, -0.15) is 0 Å². The van der Waals surface area contributed by atoms with Gasteiger partial charge in [-0.1, -0.05) is 30.3 Å². The summed E-state index contributed by atoms with van der Waals surface area (Å²) >= 11 is 5.46. The van der Waals surface area contributed by atoms with Gasteiger partial charge in [0.05, 0.1) is 0 Å². The third-order valence-electron chi connectivity index (χ3n) is 0.541. The van der Waals surface area contributed by atoms with Crippen molar-refractivity contribution in [2.75, 3.05) is 0 Å². The maximum absolute atomic E-state index is 5.46. The van der Waals surface area contributed by atoms with E-state index in [1.54, 1.807) is 18.4 Å². The first-order valence-electron chi connectivity index (χ1n) is 2.28. The van der Waals surface area contributed by atoms with Gasteiger partial charge in [0.2, 0.25) is 0 Å². The predicted octanol–water partition coefficient (Wildman–Crippen LogP) is 2.34. The Labute approximate surface area is 54.4 Å². The third-order valence-corrected chi connectivity index (χ3v) is 0.857. The van der Waals surface area contributed by atoms with E-state index in [2.05, 4.69) is 11.6 Å². The van der Waals surface area contributed by atoms with Gasteiger partial charge in [-0.15, -0.1) is 0 Å². The van der Waals surface area contributed by atoms with Gasteiger partial charge in [0, 0.05) is 6.21 Å². The molecule has 44 valence electrons. The average molecular weight is 130 g/mol. The maximum atomic E-state index is 5.46. The monoisotopic (exact) mass is 129 g/mol. The van der Waals surface area contributed by atoms with Crippen LogP contribution in [0.15, 0.2) is 28.9 Å². The smallest absolute Gasteiger partial charge is 0.124 e. The molecule has 0 aliphatic heterocycles. The molecule has 8 heavy (non-hydrogen) atoms. The van der Waals surface area contributed by atoms with Crippen LogP contribution in [0.5, 0.6) is 0 Å². The molecular formula is C6H8ClN. The summed E-state index contributed by atoms with van der Waals surface area (Å²) in [5.41, 5.74) is 0. The standard InChI is InChI=1S/C6H8ClN/c1-3-5-8-6(7)4-2/h3-5H,1H2,2H3/b6-4-,8-5-. The zero-order valence-corrected chi connectivity index (χ0v) is 5.52. The van der Waals surface area contributed by atoms with Crippen LogP contribution >= 0.6 is 11.6 Å². The Morgan fingerprint density at radius 3 is 2.75 bits per heavy atom. The fraction of sp³-hybridized carbons (Fsp3) is 0.167. The quantitative estimate of drug-likeness (QED) is 0.401. The van der Waals surface area contributed by atoms with Crippen molar-refractivity contribution in [1.82, 2.24) is 0 Å². The lowest BCUT2D eigenvalue weighted by molar-refractivity contribution is 1.49. The van der Waals surface area contributed by atoms with Crippen LogP contribution < -0.4 is 0 Å². The van der Waals surface area contributed by atoms with Crippen molar-refractivity contribution in [3.63, 3.8) is 0 Å². The van der Waals surface area contributed by atoms with Crippen LogP contribution in [0.2, 0.25) is 0 Å². The van der Waals surface area contributed by atoms with Gasteiger partial charge in [-0.25, -0.2) is 4.99 Å². The lowest BCUT2D eigenvalue weighted by atomic mass is 10.7. The number of rotatable bonds is 2. The van der Waals surface area contributed by atoms with Gasteiger partial charge in [-0.3, -0.25) is 0 Å². The molecule has 0 aromatic heterocycles. The van der Waals surface area contributed by atoms with E-state index in [0.29, 0.717) is 5.16 Å². The van der Waals surface area contributed by atoms with Crippen molar-refractivity contribution in [2.24, 2.45) is 4.99 Å². The Balaban J connectivity index is 3.69. The zero-order chi connectivity index (χ0) is 6.41. The van der Waals surface area contributed by atoms with Crippen LogP contribution in [-0.2, 0) is 0 Å². The van der Waals surface area contributed by atoms with E-state index in [-0.39, 0.29) is 0 Å². The molecule has 0 atom stereocenters. The largest absolute Gasteiger partial charge is 0.245 e. The molecule has 0 saturated carbocycles. The fourth-order valence-electron chi connectivity index (χ4n) is 0.198. The van der Waals surface area contributed by atoms with Crippen molar-refractivity contribution in [3.05, 3.63) is 23.9 Å². The summed E-state index contributed by atoms with van der Waals surface area (Å²) in [5.74, 6) is 0. The molecule has 0 aliphatic carbocycles. The van der Waals surface area contributed by atoms with E-state index in [0.717, 1.165) is 0 Å². The van der Waals surface area contributed by atoms with Crippen molar-refractivity contribution < 1.29 is 0 Å². The van der Waals surface area contributed by atoms with Crippen LogP contribution in [0.1, 0.15) is 6.92 Å².